The van der Waals surface area contributed by atoms with Crippen molar-refractivity contribution in [1.29, 1.82) is 0 Å². The largest absolute Gasteiger partial charge is 0.460 e. The quantitative estimate of drug-likeness (QED) is 0.669. The minimum absolute atomic E-state index is 0.0920. The molecule has 2 heterocycles. The molecule has 134 valence electrons. The second-order valence-electron chi connectivity index (χ2n) is 5.91. The molecule has 0 spiro atoms. The van der Waals surface area contributed by atoms with Gasteiger partial charge in [0.15, 0.2) is 17.4 Å². The summed E-state index contributed by atoms with van der Waals surface area (Å²) in [5.41, 5.74) is 1.46. The zero-order valence-corrected chi connectivity index (χ0v) is 14.6. The third kappa shape index (κ3) is 3.28. The molecule has 2 aromatic heterocycles. The fourth-order valence-corrected chi connectivity index (χ4v) is 2.58. The Hall–Kier alpha value is -3.22. The summed E-state index contributed by atoms with van der Waals surface area (Å²) in [6, 6.07) is 7.35. The number of Topliss-reactive ketones (excluding diaryl/α,β-unsaturated/α-hetero) is 1. The van der Waals surface area contributed by atoms with Crippen LogP contribution in [0.25, 0.3) is 11.5 Å². The normalized spacial score (nSPS) is 10.8. The molecule has 0 aliphatic heterocycles. The molecule has 3 rings (SSSR count). The Morgan fingerprint density at radius 3 is 2.65 bits per heavy atom. The number of nitrogens with zero attached hydrogens (tertiary/aromatic N) is 1. The van der Waals surface area contributed by atoms with Crippen LogP contribution in [0.4, 0.5) is 10.2 Å². The number of carbonyl (C=O) groups excluding carboxylic acids is 2. The van der Waals surface area contributed by atoms with Crippen LogP contribution >= 0.6 is 0 Å². The van der Waals surface area contributed by atoms with Gasteiger partial charge in [-0.05, 0) is 44.2 Å². The highest BCUT2D eigenvalue weighted by atomic mass is 19.1. The SMILES string of the molecule is CCC(=O)c1cc(C(=O)Nc2n[nH]c(-c3ccc(C)o3)c2C)ccc1F. The van der Waals surface area contributed by atoms with Gasteiger partial charge in [-0.2, -0.15) is 5.10 Å². The topological polar surface area (TPSA) is 88.0 Å². The van der Waals surface area contributed by atoms with Crippen LogP contribution in [-0.4, -0.2) is 21.9 Å². The number of carbonyl (C=O) groups is 2. The Bertz CT molecular complexity index is 988. The number of nitrogens with one attached hydrogen (secondary N) is 2. The highest BCUT2D eigenvalue weighted by Gasteiger charge is 2.18. The van der Waals surface area contributed by atoms with Gasteiger partial charge >= 0.3 is 0 Å². The van der Waals surface area contributed by atoms with Crippen LogP contribution in [0, 0.1) is 19.7 Å². The van der Waals surface area contributed by atoms with Gasteiger partial charge in [-0.25, -0.2) is 4.39 Å². The number of aryl methyl sites for hydroxylation is 1. The number of aromatic amines is 1. The number of rotatable bonds is 5. The molecule has 0 saturated heterocycles. The van der Waals surface area contributed by atoms with E-state index in [1.165, 1.54) is 12.1 Å². The summed E-state index contributed by atoms with van der Waals surface area (Å²) in [6.07, 6.45) is 0.159. The first-order chi connectivity index (χ1) is 12.4. The first-order valence-electron chi connectivity index (χ1n) is 8.16. The van der Waals surface area contributed by atoms with Crippen molar-refractivity contribution in [1.82, 2.24) is 10.2 Å². The molecular weight excluding hydrogens is 337 g/mol. The van der Waals surface area contributed by atoms with E-state index in [9.17, 15) is 14.0 Å². The van der Waals surface area contributed by atoms with Crippen LogP contribution in [0.15, 0.2) is 34.7 Å². The molecule has 0 aliphatic carbocycles. The number of benzene rings is 1. The Labute approximate surface area is 149 Å². The van der Waals surface area contributed by atoms with E-state index in [-0.39, 0.29) is 23.3 Å². The lowest BCUT2D eigenvalue weighted by Crippen LogP contribution is -2.14. The predicted molar refractivity (Wildman–Crippen MR) is 94.7 cm³/mol. The summed E-state index contributed by atoms with van der Waals surface area (Å²) in [4.78, 5) is 24.3. The maximum absolute atomic E-state index is 13.8. The lowest BCUT2D eigenvalue weighted by atomic mass is 10.0. The van der Waals surface area contributed by atoms with E-state index in [4.69, 9.17) is 4.42 Å². The number of amides is 1. The van der Waals surface area contributed by atoms with E-state index < -0.39 is 11.7 Å². The van der Waals surface area contributed by atoms with Crippen LogP contribution in [0.3, 0.4) is 0 Å². The van der Waals surface area contributed by atoms with Gasteiger partial charge in [0.05, 0.1) is 5.56 Å². The number of anilines is 1. The molecule has 7 heteroatoms. The smallest absolute Gasteiger partial charge is 0.256 e. The molecule has 0 atom stereocenters. The third-order valence-corrected chi connectivity index (χ3v) is 4.08. The maximum atomic E-state index is 13.8. The number of ketones is 1. The van der Waals surface area contributed by atoms with Crippen molar-refractivity contribution in [2.75, 3.05) is 5.32 Å². The predicted octanol–water partition coefficient (Wildman–Crippen LogP) is 4.27. The molecule has 6 nitrogen and oxygen atoms in total. The van der Waals surface area contributed by atoms with Crippen molar-refractivity contribution in [3.05, 3.63) is 58.6 Å². The molecule has 0 radical (unpaired) electrons. The van der Waals surface area contributed by atoms with Gasteiger partial charge in [-0.15, -0.1) is 0 Å². The minimum Gasteiger partial charge on any atom is -0.460 e. The summed E-state index contributed by atoms with van der Waals surface area (Å²) in [7, 11) is 0. The second-order valence-corrected chi connectivity index (χ2v) is 5.91. The van der Waals surface area contributed by atoms with Crippen LogP contribution in [-0.2, 0) is 0 Å². The van der Waals surface area contributed by atoms with Crippen molar-refractivity contribution in [3.63, 3.8) is 0 Å². The number of hydrogen-bond donors (Lipinski definition) is 2. The first kappa shape index (κ1) is 17.6. The Morgan fingerprint density at radius 2 is 2.00 bits per heavy atom. The Balaban J connectivity index is 1.85. The summed E-state index contributed by atoms with van der Waals surface area (Å²) < 4.78 is 19.3. The van der Waals surface area contributed by atoms with E-state index in [2.05, 4.69) is 15.5 Å². The lowest BCUT2D eigenvalue weighted by Gasteiger charge is -2.06. The monoisotopic (exact) mass is 355 g/mol. The Morgan fingerprint density at radius 1 is 1.23 bits per heavy atom. The fraction of sp³-hybridized carbons (Fsp3) is 0.211. The van der Waals surface area contributed by atoms with Gasteiger partial charge in [0.1, 0.15) is 17.3 Å². The molecule has 0 saturated carbocycles. The minimum atomic E-state index is -0.639. The highest BCUT2D eigenvalue weighted by Crippen LogP contribution is 2.27. The number of aromatic nitrogens is 2. The number of hydrogen-bond acceptors (Lipinski definition) is 4. The average Bonchev–Trinajstić information content (AvgIpc) is 3.20. The maximum Gasteiger partial charge on any atom is 0.256 e. The summed E-state index contributed by atoms with van der Waals surface area (Å²) in [5, 5.41) is 9.61. The zero-order valence-electron chi connectivity index (χ0n) is 14.6. The average molecular weight is 355 g/mol. The number of halogens is 1. The third-order valence-electron chi connectivity index (χ3n) is 4.08. The number of H-pyrrole nitrogens is 1. The highest BCUT2D eigenvalue weighted by molar-refractivity contribution is 6.06. The standard InChI is InChI=1S/C19H18FN3O3/c1-4-15(24)13-9-12(6-7-14(13)20)19(25)21-18-11(3)17(22-23-18)16-8-5-10(2)26-16/h5-9H,4H2,1-3H3,(H2,21,22,23,25). The van der Waals surface area contributed by atoms with Crippen molar-refractivity contribution in [2.45, 2.75) is 27.2 Å². The second kappa shape index (κ2) is 6.95. The molecule has 0 unspecified atom stereocenters. The van der Waals surface area contributed by atoms with Crippen LogP contribution < -0.4 is 5.32 Å². The molecule has 2 N–H and O–H groups in total. The van der Waals surface area contributed by atoms with Gasteiger partial charge in [0, 0.05) is 17.5 Å². The van der Waals surface area contributed by atoms with Gasteiger partial charge in [-0.3, -0.25) is 14.7 Å². The van der Waals surface area contributed by atoms with Gasteiger partial charge in [0.2, 0.25) is 0 Å². The molecule has 0 aliphatic rings. The van der Waals surface area contributed by atoms with Crippen LogP contribution in [0.1, 0.15) is 45.4 Å². The lowest BCUT2D eigenvalue weighted by molar-refractivity contribution is 0.0984. The summed E-state index contributed by atoms with van der Waals surface area (Å²) in [6.45, 7) is 5.27. The van der Waals surface area contributed by atoms with Crippen molar-refractivity contribution in [2.24, 2.45) is 0 Å². The van der Waals surface area contributed by atoms with Crippen molar-refractivity contribution < 1.29 is 18.4 Å². The zero-order chi connectivity index (χ0) is 18.8. The van der Waals surface area contributed by atoms with E-state index in [1.807, 2.05) is 19.1 Å². The van der Waals surface area contributed by atoms with Gasteiger partial charge in [-0.1, -0.05) is 6.92 Å². The van der Waals surface area contributed by atoms with Crippen LogP contribution in [0.5, 0.6) is 0 Å². The number of furan rings is 1. The summed E-state index contributed by atoms with van der Waals surface area (Å²) in [5.74, 6) is 0.242. The molecule has 1 aromatic carbocycles. The van der Waals surface area contributed by atoms with E-state index in [0.29, 0.717) is 22.8 Å². The first-order valence-corrected chi connectivity index (χ1v) is 8.16. The van der Waals surface area contributed by atoms with Crippen molar-refractivity contribution in [3.8, 4) is 11.5 Å². The van der Waals surface area contributed by atoms with Crippen LogP contribution in [0.2, 0.25) is 0 Å². The molecule has 0 bridgehead atoms. The van der Waals surface area contributed by atoms with Gasteiger partial charge < -0.3 is 9.73 Å². The Kier molecular flexibility index (Phi) is 4.71. The molecule has 3 aromatic rings. The van der Waals surface area contributed by atoms with Gasteiger partial charge in [0.25, 0.3) is 5.91 Å². The van der Waals surface area contributed by atoms with E-state index in [1.54, 1.807) is 13.8 Å². The molecular formula is C19H18FN3O3. The fourth-order valence-electron chi connectivity index (χ4n) is 2.58. The molecule has 26 heavy (non-hydrogen) atoms. The molecule has 1 amide bonds. The van der Waals surface area contributed by atoms with E-state index >= 15 is 0 Å². The molecule has 0 fully saturated rings. The summed E-state index contributed by atoms with van der Waals surface area (Å²) >= 11 is 0. The van der Waals surface area contributed by atoms with Crippen molar-refractivity contribution >= 4 is 17.5 Å². The van der Waals surface area contributed by atoms with E-state index in [0.717, 1.165) is 11.8 Å².